The van der Waals surface area contributed by atoms with Gasteiger partial charge in [-0.05, 0) is 19.3 Å². The average molecular weight is 295 g/mol. The Morgan fingerprint density at radius 2 is 1.76 bits per heavy atom. The summed E-state index contributed by atoms with van der Waals surface area (Å²) in [6.45, 7) is 6.33. The van der Waals surface area contributed by atoms with Gasteiger partial charge in [0.2, 0.25) is 5.91 Å². The first-order chi connectivity index (χ1) is 9.90. The van der Waals surface area contributed by atoms with E-state index in [-0.39, 0.29) is 18.1 Å². The number of ether oxygens (including phenoxy) is 1. The molecule has 5 atom stereocenters. The number of carbonyl (C=O) groups excluding carboxylic acids is 1. The lowest BCUT2D eigenvalue weighted by Crippen LogP contribution is -2.45. The van der Waals surface area contributed by atoms with Gasteiger partial charge in [0.25, 0.3) is 0 Å². The fourth-order valence-corrected chi connectivity index (χ4v) is 3.16. The molecule has 2 bridgehead atoms. The van der Waals surface area contributed by atoms with Crippen molar-refractivity contribution >= 4 is 11.9 Å². The van der Waals surface area contributed by atoms with E-state index in [1.807, 2.05) is 6.92 Å². The van der Waals surface area contributed by atoms with Gasteiger partial charge in [-0.3, -0.25) is 9.59 Å². The summed E-state index contributed by atoms with van der Waals surface area (Å²) in [6, 6.07) is 0.0637. The molecule has 2 rings (SSSR count). The Hall–Kier alpha value is -1.36. The molecule has 0 saturated carbocycles. The van der Waals surface area contributed by atoms with E-state index in [9.17, 15) is 14.7 Å². The molecule has 0 radical (unpaired) electrons. The molecule has 0 aromatic rings. The van der Waals surface area contributed by atoms with Gasteiger partial charge < -0.3 is 15.2 Å². The number of rotatable bonds is 7. The third-order valence-corrected chi connectivity index (χ3v) is 4.29. The largest absolute Gasteiger partial charge is 0.481 e. The zero-order valence-electron chi connectivity index (χ0n) is 12.9. The number of carboxylic acids is 1. The molecule has 2 heterocycles. The van der Waals surface area contributed by atoms with Crippen LogP contribution in [0.4, 0.5) is 0 Å². The first kappa shape index (κ1) is 16.0. The summed E-state index contributed by atoms with van der Waals surface area (Å²) < 4.78 is 5.52. The van der Waals surface area contributed by atoms with Crippen LogP contribution in [-0.2, 0) is 14.3 Å². The van der Waals surface area contributed by atoms with E-state index in [4.69, 9.17) is 4.74 Å². The van der Waals surface area contributed by atoms with Gasteiger partial charge in [0.05, 0.1) is 18.1 Å². The number of carboxylic acid groups (broad SMARTS) is 1. The molecule has 0 aromatic heterocycles. The third-order valence-electron chi connectivity index (χ3n) is 4.29. The molecule has 0 aromatic carbocycles. The van der Waals surface area contributed by atoms with Crippen LogP contribution in [0.15, 0.2) is 12.2 Å². The van der Waals surface area contributed by atoms with Crippen LogP contribution in [0.3, 0.4) is 0 Å². The zero-order valence-corrected chi connectivity index (χ0v) is 12.9. The van der Waals surface area contributed by atoms with E-state index >= 15 is 0 Å². The molecule has 1 saturated heterocycles. The summed E-state index contributed by atoms with van der Waals surface area (Å²) in [4.78, 5) is 23.7. The Morgan fingerprint density at radius 1 is 1.14 bits per heavy atom. The van der Waals surface area contributed by atoms with Gasteiger partial charge in [-0.15, -0.1) is 0 Å². The van der Waals surface area contributed by atoms with Gasteiger partial charge in [0.15, 0.2) is 0 Å². The summed E-state index contributed by atoms with van der Waals surface area (Å²) in [7, 11) is 0. The molecule has 5 heteroatoms. The van der Waals surface area contributed by atoms with Crippen molar-refractivity contribution in [2.75, 3.05) is 0 Å². The van der Waals surface area contributed by atoms with Crippen LogP contribution in [-0.4, -0.2) is 35.2 Å². The highest BCUT2D eigenvalue weighted by atomic mass is 16.5. The lowest BCUT2D eigenvalue weighted by Gasteiger charge is -2.23. The number of nitrogens with one attached hydrogen (secondary N) is 1. The third kappa shape index (κ3) is 3.64. The van der Waals surface area contributed by atoms with Crippen molar-refractivity contribution in [1.82, 2.24) is 5.32 Å². The molecule has 2 aliphatic rings. The Labute approximate surface area is 125 Å². The number of hydrogen-bond acceptors (Lipinski definition) is 3. The van der Waals surface area contributed by atoms with E-state index in [0.29, 0.717) is 5.92 Å². The lowest BCUT2D eigenvalue weighted by atomic mass is 9.82. The summed E-state index contributed by atoms with van der Waals surface area (Å²) in [6.07, 6.45) is 5.82. The van der Waals surface area contributed by atoms with Crippen molar-refractivity contribution in [2.45, 2.75) is 58.3 Å². The van der Waals surface area contributed by atoms with Crippen LogP contribution in [0.2, 0.25) is 0 Å². The molecule has 5 nitrogen and oxygen atoms in total. The van der Waals surface area contributed by atoms with Gasteiger partial charge in [0.1, 0.15) is 5.92 Å². The van der Waals surface area contributed by atoms with Crippen molar-refractivity contribution in [3.63, 3.8) is 0 Å². The quantitative estimate of drug-likeness (QED) is 0.704. The minimum Gasteiger partial charge on any atom is -0.481 e. The molecule has 0 aliphatic carbocycles. The molecule has 2 N–H and O–H groups in total. The summed E-state index contributed by atoms with van der Waals surface area (Å²) in [5.41, 5.74) is 0. The number of aliphatic carboxylic acids is 1. The Bertz CT molecular complexity index is 432. The normalized spacial score (nSPS) is 31.6. The smallest absolute Gasteiger partial charge is 0.310 e. The topological polar surface area (TPSA) is 75.6 Å². The van der Waals surface area contributed by atoms with Crippen LogP contribution in [0.5, 0.6) is 0 Å². The number of amides is 1. The van der Waals surface area contributed by atoms with Crippen molar-refractivity contribution < 1.29 is 19.4 Å². The average Bonchev–Trinajstić information content (AvgIpc) is 2.97. The molecule has 2 aliphatic heterocycles. The molecule has 1 fully saturated rings. The van der Waals surface area contributed by atoms with E-state index < -0.39 is 23.9 Å². The lowest BCUT2D eigenvalue weighted by molar-refractivity contribution is -0.146. The predicted molar refractivity (Wildman–Crippen MR) is 78.7 cm³/mol. The molecule has 21 heavy (non-hydrogen) atoms. The fourth-order valence-electron chi connectivity index (χ4n) is 3.16. The van der Waals surface area contributed by atoms with E-state index in [1.54, 1.807) is 12.2 Å². The maximum absolute atomic E-state index is 12.4. The molecular weight excluding hydrogens is 270 g/mol. The van der Waals surface area contributed by atoms with E-state index in [1.165, 1.54) is 0 Å². The second-order valence-electron chi connectivity index (χ2n) is 6.57. The molecule has 1 amide bonds. The molecule has 0 spiro atoms. The molecule has 118 valence electrons. The number of fused-ring (bicyclic) bond motifs is 2. The number of carbonyl (C=O) groups is 2. The predicted octanol–water partition coefficient (Wildman–Crippen LogP) is 1.97. The summed E-state index contributed by atoms with van der Waals surface area (Å²) in [5, 5.41) is 12.2. The second kappa shape index (κ2) is 6.60. The van der Waals surface area contributed by atoms with Crippen LogP contribution in [0.25, 0.3) is 0 Å². The molecular formula is C16H25NO4. The fraction of sp³-hybridized carbons (Fsp3) is 0.750. The summed E-state index contributed by atoms with van der Waals surface area (Å²) >= 11 is 0. The van der Waals surface area contributed by atoms with Crippen LogP contribution < -0.4 is 5.32 Å². The minimum atomic E-state index is -0.959. The van der Waals surface area contributed by atoms with Gasteiger partial charge in [0, 0.05) is 6.04 Å². The summed E-state index contributed by atoms with van der Waals surface area (Å²) in [5.74, 6) is -1.86. The van der Waals surface area contributed by atoms with Gasteiger partial charge in [-0.1, -0.05) is 38.8 Å². The van der Waals surface area contributed by atoms with Crippen molar-refractivity contribution in [2.24, 2.45) is 17.8 Å². The number of hydrogen-bond donors (Lipinski definition) is 2. The van der Waals surface area contributed by atoms with Gasteiger partial charge >= 0.3 is 5.97 Å². The highest BCUT2D eigenvalue weighted by Gasteiger charge is 2.53. The van der Waals surface area contributed by atoms with Crippen molar-refractivity contribution in [3.05, 3.63) is 12.2 Å². The van der Waals surface area contributed by atoms with Gasteiger partial charge in [-0.2, -0.15) is 0 Å². The Morgan fingerprint density at radius 3 is 2.33 bits per heavy atom. The van der Waals surface area contributed by atoms with Crippen LogP contribution >= 0.6 is 0 Å². The maximum Gasteiger partial charge on any atom is 0.310 e. The van der Waals surface area contributed by atoms with Gasteiger partial charge in [-0.25, -0.2) is 0 Å². The zero-order chi connectivity index (χ0) is 15.6. The van der Waals surface area contributed by atoms with E-state index in [2.05, 4.69) is 19.2 Å². The van der Waals surface area contributed by atoms with Crippen molar-refractivity contribution in [3.8, 4) is 0 Å². The van der Waals surface area contributed by atoms with Crippen LogP contribution in [0, 0.1) is 17.8 Å². The highest BCUT2D eigenvalue weighted by Crippen LogP contribution is 2.39. The van der Waals surface area contributed by atoms with Crippen molar-refractivity contribution in [1.29, 1.82) is 0 Å². The Balaban J connectivity index is 1.88. The maximum atomic E-state index is 12.4. The standard InChI is InChI=1S/C16H25NO4/c1-9(2)5-4-6-10(3)17-15(18)13-11-7-8-12(21-11)14(13)16(19)20/h7-14H,4-6H2,1-3H3,(H,17,18)(H,19,20). The van der Waals surface area contributed by atoms with Crippen LogP contribution in [0.1, 0.15) is 40.0 Å². The Kier molecular flexibility index (Phi) is 5.04. The highest BCUT2D eigenvalue weighted by molar-refractivity contribution is 5.87. The first-order valence-electron chi connectivity index (χ1n) is 7.77. The first-order valence-corrected chi connectivity index (χ1v) is 7.77. The SMILES string of the molecule is CC(C)CCCC(C)NC(=O)C1C2C=CC(O2)C1C(=O)O. The minimum absolute atomic E-state index is 0.0637. The second-order valence-corrected chi connectivity index (χ2v) is 6.57. The van der Waals surface area contributed by atoms with E-state index in [0.717, 1.165) is 19.3 Å². The monoisotopic (exact) mass is 295 g/mol. The molecule has 5 unspecified atom stereocenters.